The summed E-state index contributed by atoms with van der Waals surface area (Å²) >= 11 is 0. The Morgan fingerprint density at radius 2 is 1.91 bits per heavy atom. The fraction of sp³-hybridized carbons (Fsp3) is 0.312. The van der Waals surface area contributed by atoms with Crippen molar-refractivity contribution in [2.75, 3.05) is 26.3 Å². The summed E-state index contributed by atoms with van der Waals surface area (Å²) < 4.78 is 10.7. The Labute approximate surface area is 133 Å². The first-order chi connectivity index (χ1) is 11.3. The molecule has 23 heavy (non-hydrogen) atoms. The van der Waals surface area contributed by atoms with Crippen molar-refractivity contribution < 1.29 is 19.1 Å². The normalized spacial score (nSPS) is 15.9. The van der Waals surface area contributed by atoms with Gasteiger partial charge in [0.2, 0.25) is 6.10 Å². The molecule has 0 spiro atoms. The van der Waals surface area contributed by atoms with Crippen LogP contribution in [0.4, 0.5) is 0 Å². The van der Waals surface area contributed by atoms with E-state index < -0.39 is 12.1 Å². The smallest absolute Gasteiger partial charge is 0.357 e. The second-order valence-electron chi connectivity index (χ2n) is 5.10. The van der Waals surface area contributed by atoms with Gasteiger partial charge in [0.05, 0.1) is 13.2 Å². The molecule has 0 unspecified atom stereocenters. The minimum absolute atomic E-state index is 0.209. The zero-order chi connectivity index (χ0) is 16.1. The number of aromatic amines is 1. The molecule has 7 heteroatoms. The van der Waals surface area contributed by atoms with Crippen LogP contribution < -0.4 is 0 Å². The molecule has 1 aliphatic heterocycles. The van der Waals surface area contributed by atoms with Crippen molar-refractivity contribution in [3.63, 3.8) is 0 Å². The Morgan fingerprint density at radius 3 is 2.57 bits per heavy atom. The van der Waals surface area contributed by atoms with Crippen molar-refractivity contribution >= 4 is 11.9 Å². The highest BCUT2D eigenvalue weighted by atomic mass is 16.5. The topological polar surface area (TPSA) is 84.5 Å². The molecule has 1 fully saturated rings. The number of amides is 1. The molecule has 1 amide bonds. The van der Waals surface area contributed by atoms with Gasteiger partial charge in [-0.1, -0.05) is 30.3 Å². The average molecular weight is 315 g/mol. The summed E-state index contributed by atoms with van der Waals surface area (Å²) in [6.45, 7) is 1.96. The van der Waals surface area contributed by atoms with Crippen molar-refractivity contribution in [1.29, 1.82) is 0 Å². The van der Waals surface area contributed by atoms with Crippen molar-refractivity contribution in [3.05, 3.63) is 53.9 Å². The molecule has 0 saturated carbocycles. The predicted octanol–water partition coefficient (Wildman–Crippen LogP) is 1.17. The Morgan fingerprint density at radius 1 is 1.17 bits per heavy atom. The largest absolute Gasteiger partial charge is 0.443 e. The number of H-pyrrole nitrogens is 1. The Bertz CT molecular complexity index is 651. The summed E-state index contributed by atoms with van der Waals surface area (Å²) in [6.07, 6.45) is 0.475. The van der Waals surface area contributed by atoms with E-state index in [9.17, 15) is 9.59 Å². The predicted molar refractivity (Wildman–Crippen MR) is 80.6 cm³/mol. The van der Waals surface area contributed by atoms with Crippen molar-refractivity contribution in [3.8, 4) is 0 Å². The zero-order valence-electron chi connectivity index (χ0n) is 12.5. The highest BCUT2D eigenvalue weighted by molar-refractivity contribution is 5.91. The van der Waals surface area contributed by atoms with Crippen LogP contribution in [-0.4, -0.2) is 53.3 Å². The number of nitrogens with zero attached hydrogens (tertiary/aromatic N) is 2. The Hall–Kier alpha value is -2.67. The van der Waals surface area contributed by atoms with E-state index in [1.54, 1.807) is 29.2 Å². The first-order valence-electron chi connectivity index (χ1n) is 7.37. The fourth-order valence-electron chi connectivity index (χ4n) is 2.38. The number of benzene rings is 1. The third-order valence-corrected chi connectivity index (χ3v) is 3.59. The lowest BCUT2D eigenvalue weighted by Gasteiger charge is -2.30. The first kappa shape index (κ1) is 15.2. The number of morpholine rings is 1. The lowest BCUT2D eigenvalue weighted by atomic mass is 10.1. The van der Waals surface area contributed by atoms with Gasteiger partial charge in [-0.2, -0.15) is 5.10 Å². The van der Waals surface area contributed by atoms with E-state index in [2.05, 4.69) is 10.2 Å². The fourth-order valence-corrected chi connectivity index (χ4v) is 2.38. The second-order valence-corrected chi connectivity index (χ2v) is 5.10. The van der Waals surface area contributed by atoms with E-state index in [4.69, 9.17) is 9.47 Å². The molecule has 0 bridgehead atoms. The number of nitrogens with one attached hydrogen (secondary N) is 1. The van der Waals surface area contributed by atoms with E-state index in [-0.39, 0.29) is 11.6 Å². The molecule has 2 heterocycles. The number of rotatable bonds is 4. The molecule has 1 atom stereocenters. The van der Waals surface area contributed by atoms with Crippen molar-refractivity contribution in [2.24, 2.45) is 0 Å². The summed E-state index contributed by atoms with van der Waals surface area (Å²) in [5.74, 6) is -0.856. The maximum atomic E-state index is 12.8. The standard InChI is InChI=1S/C16H17N3O4/c20-15(19-8-10-22-11-9-19)14(12-4-2-1-3-5-12)23-16(21)13-6-7-17-18-13/h1-7,14H,8-11H2,(H,17,18)/t14-/m0/s1. The molecule has 1 aromatic heterocycles. The molecule has 1 aromatic carbocycles. The van der Waals surface area contributed by atoms with Crippen LogP contribution in [0.3, 0.4) is 0 Å². The van der Waals surface area contributed by atoms with E-state index >= 15 is 0 Å². The lowest BCUT2D eigenvalue weighted by Crippen LogP contribution is -2.44. The molecule has 3 rings (SSSR count). The minimum Gasteiger partial charge on any atom is -0.443 e. The van der Waals surface area contributed by atoms with E-state index in [0.717, 1.165) is 0 Å². The van der Waals surface area contributed by atoms with Crippen LogP contribution >= 0.6 is 0 Å². The number of carbonyl (C=O) groups excluding carboxylic acids is 2. The Balaban J connectivity index is 1.81. The number of aromatic nitrogens is 2. The van der Waals surface area contributed by atoms with E-state index in [0.29, 0.717) is 31.9 Å². The highest BCUT2D eigenvalue weighted by Gasteiger charge is 2.31. The summed E-state index contributed by atoms with van der Waals surface area (Å²) in [7, 11) is 0. The lowest BCUT2D eigenvalue weighted by molar-refractivity contribution is -0.145. The van der Waals surface area contributed by atoms with Gasteiger partial charge in [0, 0.05) is 24.8 Å². The van der Waals surface area contributed by atoms with E-state index in [1.165, 1.54) is 12.3 Å². The molecule has 0 aliphatic carbocycles. The monoisotopic (exact) mass is 315 g/mol. The third-order valence-electron chi connectivity index (χ3n) is 3.59. The number of carbonyl (C=O) groups is 2. The molecule has 2 aromatic rings. The Kier molecular flexibility index (Phi) is 4.68. The molecule has 1 saturated heterocycles. The average Bonchev–Trinajstić information content (AvgIpc) is 3.15. The van der Waals surface area contributed by atoms with Gasteiger partial charge in [-0.3, -0.25) is 9.89 Å². The maximum absolute atomic E-state index is 12.8. The van der Waals surface area contributed by atoms with Crippen LogP contribution in [0, 0.1) is 0 Å². The summed E-state index contributed by atoms with van der Waals surface area (Å²) in [4.78, 5) is 26.6. The van der Waals surface area contributed by atoms with Gasteiger partial charge in [-0.15, -0.1) is 0 Å². The van der Waals surface area contributed by atoms with Gasteiger partial charge in [0.25, 0.3) is 5.91 Å². The zero-order valence-corrected chi connectivity index (χ0v) is 12.5. The van der Waals surface area contributed by atoms with Gasteiger partial charge in [0.15, 0.2) is 0 Å². The quantitative estimate of drug-likeness (QED) is 0.856. The highest BCUT2D eigenvalue weighted by Crippen LogP contribution is 2.22. The number of esters is 1. The number of hydrogen-bond donors (Lipinski definition) is 1. The minimum atomic E-state index is -0.981. The summed E-state index contributed by atoms with van der Waals surface area (Å²) in [5.41, 5.74) is 0.845. The number of ether oxygens (including phenoxy) is 2. The van der Waals surface area contributed by atoms with Crippen LogP contribution in [0.15, 0.2) is 42.6 Å². The van der Waals surface area contributed by atoms with E-state index in [1.807, 2.05) is 6.07 Å². The van der Waals surface area contributed by atoms with Gasteiger partial charge in [-0.05, 0) is 6.07 Å². The van der Waals surface area contributed by atoms with Crippen molar-refractivity contribution in [1.82, 2.24) is 15.1 Å². The number of hydrogen-bond acceptors (Lipinski definition) is 5. The SMILES string of the molecule is O=C(O[C@H](C(=O)N1CCOCC1)c1ccccc1)c1ccn[nH]1. The molecule has 7 nitrogen and oxygen atoms in total. The van der Waals surface area contributed by atoms with Gasteiger partial charge < -0.3 is 14.4 Å². The molecular weight excluding hydrogens is 298 g/mol. The molecule has 0 radical (unpaired) electrons. The molecule has 120 valence electrons. The molecule has 1 N–H and O–H groups in total. The third kappa shape index (κ3) is 3.57. The molecular formula is C16H17N3O4. The molecule has 1 aliphatic rings. The van der Waals surface area contributed by atoms with Crippen LogP contribution in [-0.2, 0) is 14.3 Å². The van der Waals surface area contributed by atoms with Crippen LogP contribution in [0.2, 0.25) is 0 Å². The van der Waals surface area contributed by atoms with Crippen LogP contribution in [0.5, 0.6) is 0 Å². The van der Waals surface area contributed by atoms with Crippen molar-refractivity contribution in [2.45, 2.75) is 6.10 Å². The van der Waals surface area contributed by atoms with Crippen LogP contribution in [0.25, 0.3) is 0 Å². The van der Waals surface area contributed by atoms with Gasteiger partial charge in [0.1, 0.15) is 5.69 Å². The maximum Gasteiger partial charge on any atom is 0.357 e. The van der Waals surface area contributed by atoms with Gasteiger partial charge >= 0.3 is 5.97 Å². The first-order valence-corrected chi connectivity index (χ1v) is 7.37. The second kappa shape index (κ2) is 7.06. The summed E-state index contributed by atoms with van der Waals surface area (Å²) in [6, 6.07) is 10.5. The van der Waals surface area contributed by atoms with Crippen LogP contribution in [0.1, 0.15) is 22.2 Å². The summed E-state index contributed by atoms with van der Waals surface area (Å²) in [5, 5.41) is 6.26. The van der Waals surface area contributed by atoms with Gasteiger partial charge in [-0.25, -0.2) is 4.79 Å².